The first-order valence-corrected chi connectivity index (χ1v) is 8.02. The van der Waals surface area contributed by atoms with Crippen molar-refractivity contribution in [3.8, 4) is 5.75 Å². The summed E-state index contributed by atoms with van der Waals surface area (Å²) in [6.45, 7) is 2.76. The molecule has 5 heteroatoms. The summed E-state index contributed by atoms with van der Waals surface area (Å²) in [5, 5.41) is 12.5. The topological polar surface area (TPSA) is 49.3 Å². The maximum Gasteiger partial charge on any atom is 0.251 e. The van der Waals surface area contributed by atoms with Crippen molar-refractivity contribution in [3.05, 3.63) is 27.3 Å². The number of carbonyl (C=O) groups excluding carboxylic acids is 1. The lowest BCUT2D eigenvalue weighted by molar-refractivity contribution is 0.0945. The monoisotopic (exact) mass is 395 g/mol. The van der Waals surface area contributed by atoms with E-state index in [0.29, 0.717) is 23.9 Å². The smallest absolute Gasteiger partial charge is 0.251 e. The van der Waals surface area contributed by atoms with Gasteiger partial charge in [-0.2, -0.15) is 0 Å². The minimum atomic E-state index is -0.151. The van der Waals surface area contributed by atoms with Crippen LogP contribution < -0.4 is 5.32 Å². The minimum absolute atomic E-state index is 0.138. The summed E-state index contributed by atoms with van der Waals surface area (Å²) in [5.41, 5.74) is 0.485. The zero-order valence-electron chi connectivity index (χ0n) is 11.0. The van der Waals surface area contributed by atoms with Crippen molar-refractivity contribution in [1.82, 2.24) is 5.32 Å². The van der Waals surface area contributed by atoms with E-state index in [1.54, 1.807) is 12.1 Å². The molecule has 2 N–H and O–H groups in total. The molecule has 19 heavy (non-hydrogen) atoms. The average molecular weight is 396 g/mol. The number of phenolic OH excluding ortho intramolecular Hbond substituents is 1. The Hall–Kier alpha value is -0.490. The van der Waals surface area contributed by atoms with Gasteiger partial charge in [0.2, 0.25) is 0 Å². The second-order valence-electron chi connectivity index (χ2n) is 4.51. The van der Waals surface area contributed by atoms with Gasteiger partial charge in [0.05, 0.1) is 3.57 Å². The van der Waals surface area contributed by atoms with E-state index in [0.717, 1.165) is 22.8 Å². The fraction of sp³-hybridized carbons (Fsp3) is 0.500. The minimum Gasteiger partial charge on any atom is -0.507 e. The van der Waals surface area contributed by atoms with Crippen molar-refractivity contribution in [3.63, 3.8) is 0 Å². The molecule has 106 valence electrons. The number of alkyl halides is 1. The lowest BCUT2D eigenvalue weighted by atomic mass is 10.0. The van der Waals surface area contributed by atoms with E-state index in [-0.39, 0.29) is 11.7 Å². The molecule has 1 amide bonds. The average Bonchev–Trinajstić information content (AvgIpc) is 2.39. The van der Waals surface area contributed by atoms with Gasteiger partial charge in [0.25, 0.3) is 5.91 Å². The molecule has 3 nitrogen and oxygen atoms in total. The van der Waals surface area contributed by atoms with Gasteiger partial charge in [-0.25, -0.2) is 0 Å². The summed E-state index contributed by atoms with van der Waals surface area (Å²) in [5.74, 6) is 1.02. The van der Waals surface area contributed by atoms with Crippen molar-refractivity contribution in [2.45, 2.75) is 26.2 Å². The normalized spacial score (nSPS) is 12.2. The first-order valence-electron chi connectivity index (χ1n) is 6.41. The highest BCUT2D eigenvalue weighted by Crippen LogP contribution is 2.20. The SMILES string of the molecule is CCCC(CCCl)CNC(=O)c1ccc(I)c(O)c1. The number of rotatable bonds is 7. The van der Waals surface area contributed by atoms with Crippen LogP contribution >= 0.6 is 34.2 Å². The number of nitrogens with one attached hydrogen (secondary N) is 1. The summed E-state index contributed by atoms with van der Waals surface area (Å²) in [4.78, 5) is 12.0. The van der Waals surface area contributed by atoms with Crippen molar-refractivity contribution >= 4 is 40.1 Å². The third-order valence-corrected chi connectivity index (χ3v) is 4.10. The van der Waals surface area contributed by atoms with Crippen LogP contribution in [0.25, 0.3) is 0 Å². The largest absolute Gasteiger partial charge is 0.507 e. The maximum atomic E-state index is 12.0. The highest BCUT2D eigenvalue weighted by atomic mass is 127. The number of halogens is 2. The zero-order valence-corrected chi connectivity index (χ0v) is 13.9. The van der Waals surface area contributed by atoms with Crippen LogP contribution in [-0.4, -0.2) is 23.4 Å². The quantitative estimate of drug-likeness (QED) is 0.545. The van der Waals surface area contributed by atoms with Crippen molar-refractivity contribution in [2.24, 2.45) is 5.92 Å². The van der Waals surface area contributed by atoms with Gasteiger partial charge in [-0.1, -0.05) is 13.3 Å². The number of hydrogen-bond donors (Lipinski definition) is 2. The molecule has 0 saturated carbocycles. The van der Waals surface area contributed by atoms with Crippen LogP contribution in [0.4, 0.5) is 0 Å². The van der Waals surface area contributed by atoms with E-state index >= 15 is 0 Å². The molecule has 0 fully saturated rings. The fourth-order valence-electron chi connectivity index (χ4n) is 1.90. The van der Waals surface area contributed by atoms with Gasteiger partial charge >= 0.3 is 0 Å². The number of hydrogen-bond acceptors (Lipinski definition) is 2. The molecular formula is C14H19ClINO2. The number of phenols is 1. The first-order chi connectivity index (χ1) is 9.08. The molecule has 0 aliphatic heterocycles. The van der Waals surface area contributed by atoms with Crippen LogP contribution in [0, 0.1) is 9.49 Å². The second kappa shape index (κ2) is 8.64. The Morgan fingerprint density at radius 2 is 2.21 bits per heavy atom. The van der Waals surface area contributed by atoms with E-state index in [2.05, 4.69) is 12.2 Å². The van der Waals surface area contributed by atoms with Crippen LogP contribution in [0.15, 0.2) is 18.2 Å². The number of benzene rings is 1. The summed E-state index contributed by atoms with van der Waals surface area (Å²) in [6, 6.07) is 4.94. The predicted octanol–water partition coefficient (Wildman–Crippen LogP) is 3.77. The molecule has 1 atom stereocenters. The van der Waals surface area contributed by atoms with Crippen molar-refractivity contribution < 1.29 is 9.90 Å². The lowest BCUT2D eigenvalue weighted by Gasteiger charge is -2.15. The van der Waals surface area contributed by atoms with Crippen molar-refractivity contribution in [1.29, 1.82) is 0 Å². The summed E-state index contributed by atoms with van der Waals surface area (Å²) < 4.78 is 0.736. The molecular weight excluding hydrogens is 377 g/mol. The zero-order chi connectivity index (χ0) is 14.3. The van der Waals surface area contributed by atoms with Crippen molar-refractivity contribution in [2.75, 3.05) is 12.4 Å². The summed E-state index contributed by atoms with van der Waals surface area (Å²) in [6.07, 6.45) is 3.06. The molecule has 0 radical (unpaired) electrons. The molecule has 0 aliphatic carbocycles. The second-order valence-corrected chi connectivity index (χ2v) is 6.05. The standard InChI is InChI=1S/C14H19ClINO2/c1-2-3-10(6-7-15)9-17-14(19)11-4-5-12(16)13(18)8-11/h4-5,8,10,18H,2-3,6-7,9H2,1H3,(H,17,19). The number of amides is 1. The van der Waals surface area contributed by atoms with Crippen LogP contribution in [0.2, 0.25) is 0 Å². The molecule has 1 rings (SSSR count). The molecule has 0 aliphatic rings. The van der Waals surface area contributed by atoms with Gasteiger partial charge in [0, 0.05) is 18.0 Å². The molecule has 0 bridgehead atoms. The van der Waals surface area contributed by atoms with Crippen LogP contribution in [0.1, 0.15) is 36.5 Å². The van der Waals surface area contributed by atoms with E-state index < -0.39 is 0 Å². The predicted molar refractivity (Wildman–Crippen MR) is 86.9 cm³/mol. The van der Waals surface area contributed by atoms with E-state index in [1.807, 2.05) is 22.6 Å². The Morgan fingerprint density at radius 1 is 1.47 bits per heavy atom. The van der Waals surface area contributed by atoms with Gasteiger partial charge in [-0.15, -0.1) is 11.6 Å². The molecule has 0 aromatic heterocycles. The molecule has 1 aromatic rings. The van der Waals surface area contributed by atoms with Gasteiger partial charge < -0.3 is 10.4 Å². The highest BCUT2D eigenvalue weighted by molar-refractivity contribution is 14.1. The molecule has 0 saturated heterocycles. The van der Waals surface area contributed by atoms with Crippen LogP contribution in [-0.2, 0) is 0 Å². The number of aromatic hydroxyl groups is 1. The Balaban J connectivity index is 2.56. The van der Waals surface area contributed by atoms with Crippen LogP contribution in [0.3, 0.4) is 0 Å². The molecule has 1 aromatic carbocycles. The van der Waals surface area contributed by atoms with Gasteiger partial charge in [-0.3, -0.25) is 4.79 Å². The third-order valence-electron chi connectivity index (χ3n) is 2.97. The third kappa shape index (κ3) is 5.57. The van der Waals surface area contributed by atoms with E-state index in [1.165, 1.54) is 6.07 Å². The highest BCUT2D eigenvalue weighted by Gasteiger charge is 2.11. The van der Waals surface area contributed by atoms with Gasteiger partial charge in [0.15, 0.2) is 0 Å². The Kier molecular flexibility index (Phi) is 7.53. The van der Waals surface area contributed by atoms with Crippen LogP contribution in [0.5, 0.6) is 5.75 Å². The summed E-state index contributed by atoms with van der Waals surface area (Å²) in [7, 11) is 0. The fourth-order valence-corrected chi connectivity index (χ4v) is 2.55. The van der Waals surface area contributed by atoms with Gasteiger partial charge in [-0.05, 0) is 59.5 Å². The summed E-state index contributed by atoms with van der Waals surface area (Å²) >= 11 is 7.78. The molecule has 0 spiro atoms. The first kappa shape index (κ1) is 16.6. The molecule has 1 unspecified atom stereocenters. The Labute approximate surface area is 132 Å². The Bertz CT molecular complexity index is 420. The maximum absolute atomic E-state index is 12.0. The van der Waals surface area contributed by atoms with Gasteiger partial charge in [0.1, 0.15) is 5.75 Å². The number of carbonyl (C=O) groups is 1. The van der Waals surface area contributed by atoms with E-state index in [9.17, 15) is 9.90 Å². The Morgan fingerprint density at radius 3 is 2.79 bits per heavy atom. The molecule has 0 heterocycles. The van der Waals surface area contributed by atoms with E-state index in [4.69, 9.17) is 11.6 Å². The lowest BCUT2D eigenvalue weighted by Crippen LogP contribution is -2.29.